The summed E-state index contributed by atoms with van der Waals surface area (Å²) in [4.78, 5) is 12.5. The van der Waals surface area contributed by atoms with E-state index in [1.807, 2.05) is 37.3 Å². The van der Waals surface area contributed by atoms with Crippen molar-refractivity contribution >= 4 is 33.2 Å². The Kier molecular flexibility index (Phi) is 7.27. The first kappa shape index (κ1) is 21.3. The predicted octanol–water partition coefficient (Wildman–Crippen LogP) is 3.55. The van der Waals surface area contributed by atoms with Gasteiger partial charge in [-0.3, -0.25) is 9.10 Å². The van der Waals surface area contributed by atoms with Gasteiger partial charge in [0.05, 0.1) is 11.9 Å². The van der Waals surface area contributed by atoms with Crippen LogP contribution in [0.5, 0.6) is 0 Å². The highest BCUT2D eigenvalue weighted by Gasteiger charge is 2.29. The highest BCUT2D eigenvalue weighted by atomic mass is 35.5. The van der Waals surface area contributed by atoms with Crippen molar-refractivity contribution in [2.45, 2.75) is 32.7 Å². The first-order valence-corrected chi connectivity index (χ1v) is 11.0. The van der Waals surface area contributed by atoms with Crippen molar-refractivity contribution in [3.63, 3.8) is 0 Å². The van der Waals surface area contributed by atoms with Gasteiger partial charge in [-0.05, 0) is 49.9 Å². The summed E-state index contributed by atoms with van der Waals surface area (Å²) in [5.74, 6) is -0.342. The molecule has 5 nitrogen and oxygen atoms in total. The van der Waals surface area contributed by atoms with Gasteiger partial charge in [-0.25, -0.2) is 8.42 Å². The third-order valence-electron chi connectivity index (χ3n) is 4.28. The van der Waals surface area contributed by atoms with Crippen LogP contribution in [-0.2, 0) is 21.2 Å². The number of halogens is 1. The molecule has 7 heteroatoms. The zero-order chi connectivity index (χ0) is 20.0. The van der Waals surface area contributed by atoms with Gasteiger partial charge in [-0.2, -0.15) is 0 Å². The van der Waals surface area contributed by atoms with Gasteiger partial charge in [0, 0.05) is 11.6 Å². The summed E-state index contributed by atoms with van der Waals surface area (Å²) in [5, 5.41) is 3.28. The number of hydrogen-bond acceptors (Lipinski definition) is 3. The summed E-state index contributed by atoms with van der Waals surface area (Å²) in [6, 6.07) is 14.1. The highest BCUT2D eigenvalue weighted by Crippen LogP contribution is 2.26. The average molecular weight is 409 g/mol. The quantitative estimate of drug-likeness (QED) is 0.679. The van der Waals surface area contributed by atoms with Gasteiger partial charge in [0.15, 0.2) is 0 Å². The Morgan fingerprint density at radius 1 is 1.19 bits per heavy atom. The molecule has 1 amide bonds. The average Bonchev–Trinajstić information content (AvgIpc) is 2.61. The number of nitrogens with zero attached hydrogens (tertiary/aromatic N) is 1. The molecule has 0 heterocycles. The van der Waals surface area contributed by atoms with Crippen LogP contribution in [0, 0.1) is 6.92 Å². The van der Waals surface area contributed by atoms with Crippen LogP contribution in [0.25, 0.3) is 0 Å². The number of carbonyl (C=O) groups is 1. The third kappa shape index (κ3) is 5.97. The molecule has 2 aromatic rings. The Morgan fingerprint density at radius 2 is 1.85 bits per heavy atom. The van der Waals surface area contributed by atoms with Crippen molar-refractivity contribution in [3.05, 3.63) is 64.7 Å². The molecule has 0 saturated carbocycles. The summed E-state index contributed by atoms with van der Waals surface area (Å²) in [6.45, 7) is 3.88. The number of anilines is 1. The molecule has 0 radical (unpaired) electrons. The molecule has 2 aromatic carbocycles. The summed E-state index contributed by atoms with van der Waals surface area (Å²) < 4.78 is 25.7. The van der Waals surface area contributed by atoms with E-state index in [1.54, 1.807) is 25.1 Å². The fourth-order valence-electron chi connectivity index (χ4n) is 2.82. The SMILES string of the molecule is Cc1ccc(N(C(C)C(=O)NCCCc2ccccc2)S(C)(=O)=O)cc1Cl. The maximum atomic E-state index is 12.5. The fourth-order valence-corrected chi connectivity index (χ4v) is 4.17. The van der Waals surface area contributed by atoms with Crippen LogP contribution in [0.3, 0.4) is 0 Å². The molecular formula is C20H25ClN2O3S. The molecule has 0 fully saturated rings. The Morgan fingerprint density at radius 3 is 2.44 bits per heavy atom. The Hall–Kier alpha value is -2.05. The lowest BCUT2D eigenvalue weighted by molar-refractivity contribution is -0.121. The van der Waals surface area contributed by atoms with E-state index in [0.717, 1.165) is 29.0 Å². The van der Waals surface area contributed by atoms with Crippen LogP contribution in [0.1, 0.15) is 24.5 Å². The number of carbonyl (C=O) groups excluding carboxylic acids is 1. The lowest BCUT2D eigenvalue weighted by Crippen LogP contribution is -2.48. The number of nitrogens with one attached hydrogen (secondary N) is 1. The standard InChI is InChI=1S/C20H25ClN2O3S/c1-15-11-12-18(14-19(15)21)23(27(3,25)26)16(2)20(24)22-13-7-10-17-8-5-4-6-9-17/h4-6,8-9,11-12,14,16H,7,10,13H2,1-3H3,(H,22,24). The number of rotatable bonds is 8. The van der Waals surface area contributed by atoms with Crippen molar-refractivity contribution in [1.82, 2.24) is 5.32 Å². The number of hydrogen-bond donors (Lipinski definition) is 1. The summed E-state index contributed by atoms with van der Waals surface area (Å²) in [7, 11) is -3.65. The van der Waals surface area contributed by atoms with Gasteiger partial charge >= 0.3 is 0 Å². The minimum atomic E-state index is -3.65. The van der Waals surface area contributed by atoms with Crippen molar-refractivity contribution in [2.75, 3.05) is 17.1 Å². The monoisotopic (exact) mass is 408 g/mol. The normalized spacial score (nSPS) is 12.4. The number of sulfonamides is 1. The van der Waals surface area contributed by atoms with Crippen LogP contribution in [0.2, 0.25) is 5.02 Å². The van der Waals surface area contributed by atoms with Crippen LogP contribution < -0.4 is 9.62 Å². The second kappa shape index (κ2) is 9.24. The number of benzene rings is 2. The molecule has 1 atom stereocenters. The second-order valence-corrected chi connectivity index (χ2v) is 8.82. The largest absolute Gasteiger partial charge is 0.354 e. The van der Waals surface area contributed by atoms with Crippen LogP contribution in [-0.4, -0.2) is 33.2 Å². The van der Waals surface area contributed by atoms with E-state index < -0.39 is 16.1 Å². The molecule has 0 aliphatic carbocycles. The zero-order valence-electron chi connectivity index (χ0n) is 15.8. The van der Waals surface area contributed by atoms with Crippen molar-refractivity contribution in [3.8, 4) is 0 Å². The Bertz CT molecular complexity index is 885. The first-order chi connectivity index (χ1) is 12.7. The first-order valence-electron chi connectivity index (χ1n) is 8.77. The Labute approximate surface area is 166 Å². The minimum Gasteiger partial charge on any atom is -0.354 e. The van der Waals surface area contributed by atoms with Crippen LogP contribution >= 0.6 is 11.6 Å². The number of amides is 1. The molecule has 0 aliphatic rings. The molecule has 27 heavy (non-hydrogen) atoms. The lowest BCUT2D eigenvalue weighted by Gasteiger charge is -2.28. The van der Waals surface area contributed by atoms with E-state index in [0.29, 0.717) is 17.3 Å². The predicted molar refractivity (Wildman–Crippen MR) is 111 cm³/mol. The van der Waals surface area contributed by atoms with E-state index in [9.17, 15) is 13.2 Å². The topological polar surface area (TPSA) is 66.5 Å². The summed E-state index contributed by atoms with van der Waals surface area (Å²) in [6.07, 6.45) is 2.70. The maximum absolute atomic E-state index is 12.5. The van der Waals surface area contributed by atoms with E-state index in [1.165, 1.54) is 5.56 Å². The molecule has 0 saturated heterocycles. The van der Waals surface area contributed by atoms with E-state index >= 15 is 0 Å². The minimum absolute atomic E-state index is 0.342. The second-order valence-electron chi connectivity index (χ2n) is 6.55. The van der Waals surface area contributed by atoms with Crippen LogP contribution in [0.15, 0.2) is 48.5 Å². The summed E-state index contributed by atoms with van der Waals surface area (Å²) in [5.41, 5.74) is 2.42. The molecule has 0 spiro atoms. The van der Waals surface area contributed by atoms with Crippen molar-refractivity contribution < 1.29 is 13.2 Å². The Balaban J connectivity index is 2.03. The van der Waals surface area contributed by atoms with Gasteiger partial charge < -0.3 is 5.32 Å². The maximum Gasteiger partial charge on any atom is 0.243 e. The van der Waals surface area contributed by atoms with Gasteiger partial charge in [-0.15, -0.1) is 0 Å². The summed E-state index contributed by atoms with van der Waals surface area (Å²) >= 11 is 6.13. The molecule has 146 valence electrons. The molecular weight excluding hydrogens is 384 g/mol. The smallest absolute Gasteiger partial charge is 0.243 e. The fraction of sp³-hybridized carbons (Fsp3) is 0.350. The molecule has 2 rings (SSSR count). The zero-order valence-corrected chi connectivity index (χ0v) is 17.3. The van der Waals surface area contributed by atoms with Crippen molar-refractivity contribution in [2.24, 2.45) is 0 Å². The molecule has 1 N–H and O–H groups in total. The van der Waals surface area contributed by atoms with Gasteiger partial charge in [-0.1, -0.05) is 48.0 Å². The van der Waals surface area contributed by atoms with Crippen LogP contribution in [0.4, 0.5) is 5.69 Å². The molecule has 1 unspecified atom stereocenters. The van der Waals surface area contributed by atoms with E-state index in [4.69, 9.17) is 11.6 Å². The molecule has 0 aliphatic heterocycles. The van der Waals surface area contributed by atoms with E-state index in [-0.39, 0.29) is 5.91 Å². The van der Waals surface area contributed by atoms with Crippen molar-refractivity contribution in [1.29, 1.82) is 0 Å². The van der Waals surface area contributed by atoms with Gasteiger partial charge in [0.2, 0.25) is 15.9 Å². The lowest BCUT2D eigenvalue weighted by atomic mass is 10.1. The number of aryl methyl sites for hydroxylation is 2. The van der Waals surface area contributed by atoms with Gasteiger partial charge in [0.1, 0.15) is 6.04 Å². The highest BCUT2D eigenvalue weighted by molar-refractivity contribution is 7.92. The molecule has 0 aromatic heterocycles. The van der Waals surface area contributed by atoms with E-state index in [2.05, 4.69) is 5.32 Å². The molecule has 0 bridgehead atoms. The third-order valence-corrected chi connectivity index (χ3v) is 5.93. The van der Waals surface area contributed by atoms with Gasteiger partial charge in [0.25, 0.3) is 0 Å².